The van der Waals surface area contributed by atoms with Crippen LogP contribution in [0.1, 0.15) is 10.4 Å². The van der Waals surface area contributed by atoms with Gasteiger partial charge in [-0.25, -0.2) is 5.48 Å². The summed E-state index contributed by atoms with van der Waals surface area (Å²) < 4.78 is 0. The van der Waals surface area contributed by atoms with Crippen molar-refractivity contribution in [1.29, 1.82) is 0 Å². The summed E-state index contributed by atoms with van der Waals surface area (Å²) in [5, 5.41) is 17.0. The maximum atomic E-state index is 12.3. The van der Waals surface area contributed by atoms with Gasteiger partial charge >= 0.3 is 0 Å². The third-order valence-electron chi connectivity index (χ3n) is 4.84. The van der Waals surface area contributed by atoms with Crippen molar-refractivity contribution in [2.24, 2.45) is 5.73 Å². The summed E-state index contributed by atoms with van der Waals surface area (Å²) in [5.74, 6) is -1.43. The van der Waals surface area contributed by atoms with Crippen molar-refractivity contribution in [3.8, 4) is 11.1 Å². The molecule has 0 unspecified atom stereocenters. The molecule has 0 aliphatic rings. The van der Waals surface area contributed by atoms with Crippen molar-refractivity contribution in [3.05, 3.63) is 84.4 Å². The van der Waals surface area contributed by atoms with E-state index < -0.39 is 17.9 Å². The van der Waals surface area contributed by atoms with E-state index >= 15 is 0 Å². The minimum Gasteiger partial charge on any atom is -0.376 e. The largest absolute Gasteiger partial charge is 0.376 e. The Morgan fingerprint density at radius 2 is 1.42 bits per heavy atom. The number of hydrogen-bond acceptors (Lipinski definition) is 6. The highest BCUT2D eigenvalue weighted by Gasteiger charge is 2.19. The van der Waals surface area contributed by atoms with Crippen molar-refractivity contribution in [2.75, 3.05) is 23.7 Å². The molecule has 3 aromatic rings. The number of nitrogens with one attached hydrogen (secondary N) is 4. The Labute approximate surface area is 191 Å². The monoisotopic (exact) mass is 447 g/mol. The Bertz CT molecular complexity index is 1090. The van der Waals surface area contributed by atoms with Crippen LogP contribution in [0.25, 0.3) is 11.1 Å². The zero-order chi connectivity index (χ0) is 23.6. The molecule has 9 heteroatoms. The molecule has 0 bridgehead atoms. The van der Waals surface area contributed by atoms with Gasteiger partial charge in [-0.1, -0.05) is 42.5 Å². The lowest BCUT2D eigenvalue weighted by molar-refractivity contribution is -0.130. The summed E-state index contributed by atoms with van der Waals surface area (Å²) in [5.41, 5.74) is 10.6. The van der Waals surface area contributed by atoms with Crippen molar-refractivity contribution in [1.82, 2.24) is 10.8 Å². The third kappa shape index (κ3) is 6.63. The number of amides is 3. The fraction of sp³-hybridized carbons (Fsp3) is 0.125. The van der Waals surface area contributed by atoms with Gasteiger partial charge < -0.3 is 21.7 Å². The molecule has 0 spiro atoms. The second-order valence-electron chi connectivity index (χ2n) is 7.16. The molecule has 3 amide bonds. The van der Waals surface area contributed by atoms with Crippen molar-refractivity contribution in [3.63, 3.8) is 0 Å². The predicted molar refractivity (Wildman–Crippen MR) is 126 cm³/mol. The zero-order valence-electron chi connectivity index (χ0n) is 17.7. The molecule has 0 heterocycles. The molecule has 7 N–H and O–H groups in total. The van der Waals surface area contributed by atoms with E-state index in [9.17, 15) is 14.4 Å². The lowest BCUT2D eigenvalue weighted by atomic mass is 10.0. The Morgan fingerprint density at radius 3 is 2.00 bits per heavy atom. The van der Waals surface area contributed by atoms with E-state index in [0.717, 1.165) is 16.8 Å². The van der Waals surface area contributed by atoms with Crippen LogP contribution >= 0.6 is 0 Å². The van der Waals surface area contributed by atoms with Crippen LogP contribution in [-0.4, -0.2) is 42.1 Å². The maximum absolute atomic E-state index is 12.3. The molecule has 0 aliphatic heterocycles. The van der Waals surface area contributed by atoms with E-state index in [1.165, 1.54) is 5.48 Å². The van der Waals surface area contributed by atoms with E-state index in [4.69, 9.17) is 10.9 Å². The quantitative estimate of drug-likeness (QED) is 0.218. The molecule has 1 atom stereocenters. The Kier molecular flexibility index (Phi) is 8.12. The standard InChI is InChI=1S/C24H25N5O4/c25-14-21(24(32)29-33)28-23(31)18-8-6-16(7-9-18)17-10-12-20(13-11-17)27-22(30)15-26-19-4-2-1-3-5-19/h1-13,21,26,33H,14-15,25H2,(H,27,30)(H,28,31)(H,29,32)/t21-/m0/s1. The van der Waals surface area contributed by atoms with Gasteiger partial charge in [0.2, 0.25) is 5.91 Å². The smallest absolute Gasteiger partial charge is 0.267 e. The van der Waals surface area contributed by atoms with Crippen molar-refractivity contribution in [2.45, 2.75) is 6.04 Å². The predicted octanol–water partition coefficient (Wildman–Crippen LogP) is 1.97. The fourth-order valence-corrected chi connectivity index (χ4v) is 3.05. The second kappa shape index (κ2) is 11.4. The molecular formula is C24H25N5O4. The molecular weight excluding hydrogens is 422 g/mol. The molecule has 0 aromatic heterocycles. The fourth-order valence-electron chi connectivity index (χ4n) is 3.05. The molecule has 3 aromatic carbocycles. The van der Waals surface area contributed by atoms with Crippen LogP contribution in [-0.2, 0) is 9.59 Å². The average Bonchev–Trinajstić information content (AvgIpc) is 2.86. The average molecular weight is 447 g/mol. The minimum absolute atomic E-state index is 0.151. The minimum atomic E-state index is -1.03. The summed E-state index contributed by atoms with van der Waals surface area (Å²) in [6.07, 6.45) is 0. The Balaban J connectivity index is 1.56. The second-order valence-corrected chi connectivity index (χ2v) is 7.16. The van der Waals surface area contributed by atoms with Gasteiger partial charge in [-0.2, -0.15) is 0 Å². The van der Waals surface area contributed by atoms with Gasteiger partial charge in [0.15, 0.2) is 0 Å². The Morgan fingerprint density at radius 1 is 0.818 bits per heavy atom. The van der Waals surface area contributed by atoms with E-state index in [1.54, 1.807) is 36.4 Å². The third-order valence-corrected chi connectivity index (χ3v) is 4.84. The molecule has 0 saturated carbocycles. The highest BCUT2D eigenvalue weighted by Crippen LogP contribution is 2.22. The highest BCUT2D eigenvalue weighted by atomic mass is 16.5. The van der Waals surface area contributed by atoms with E-state index in [1.807, 2.05) is 42.5 Å². The van der Waals surface area contributed by atoms with Gasteiger partial charge in [0.25, 0.3) is 11.8 Å². The molecule has 0 fully saturated rings. The van der Waals surface area contributed by atoms with Gasteiger partial charge in [0.05, 0.1) is 6.54 Å². The van der Waals surface area contributed by atoms with Crippen LogP contribution in [0, 0.1) is 0 Å². The van der Waals surface area contributed by atoms with Gasteiger partial charge in [-0.05, 0) is 47.5 Å². The molecule has 3 rings (SSSR count). The number of nitrogens with two attached hydrogens (primary N) is 1. The zero-order valence-corrected chi connectivity index (χ0v) is 17.7. The SMILES string of the molecule is NC[C@H](NC(=O)c1ccc(-c2ccc(NC(=O)CNc3ccccc3)cc2)cc1)C(=O)NO. The molecule has 0 radical (unpaired) electrons. The van der Waals surface area contributed by atoms with Gasteiger partial charge in [0, 0.05) is 23.5 Å². The highest BCUT2D eigenvalue weighted by molar-refractivity contribution is 5.98. The number of carbonyl (C=O) groups is 3. The van der Waals surface area contributed by atoms with Crippen molar-refractivity contribution >= 4 is 29.1 Å². The van der Waals surface area contributed by atoms with E-state index in [-0.39, 0.29) is 19.0 Å². The first-order chi connectivity index (χ1) is 16.0. The topological polar surface area (TPSA) is 146 Å². The number of rotatable bonds is 9. The number of para-hydroxylation sites is 1. The molecule has 0 aliphatic carbocycles. The first kappa shape index (κ1) is 23.5. The van der Waals surface area contributed by atoms with Crippen molar-refractivity contribution < 1.29 is 19.6 Å². The summed E-state index contributed by atoms with van der Waals surface area (Å²) in [6.45, 7) is 0.00168. The van der Waals surface area contributed by atoms with Crippen LogP contribution in [0.15, 0.2) is 78.9 Å². The normalized spacial score (nSPS) is 11.2. The maximum Gasteiger partial charge on any atom is 0.267 e. The first-order valence-corrected chi connectivity index (χ1v) is 10.2. The summed E-state index contributed by atoms with van der Waals surface area (Å²) >= 11 is 0. The number of hydroxylamine groups is 1. The lowest BCUT2D eigenvalue weighted by Gasteiger charge is -2.14. The van der Waals surface area contributed by atoms with Gasteiger partial charge in [-0.15, -0.1) is 0 Å². The number of carbonyl (C=O) groups excluding carboxylic acids is 3. The van der Waals surface area contributed by atoms with Crippen LogP contribution in [0.4, 0.5) is 11.4 Å². The Hall–Kier alpha value is -4.21. The molecule has 170 valence electrons. The molecule has 9 nitrogen and oxygen atoms in total. The van der Waals surface area contributed by atoms with Gasteiger partial charge in [0.1, 0.15) is 6.04 Å². The number of anilines is 2. The number of benzene rings is 3. The molecule has 0 saturated heterocycles. The molecule has 33 heavy (non-hydrogen) atoms. The van der Waals surface area contributed by atoms with E-state index in [2.05, 4.69) is 16.0 Å². The van der Waals surface area contributed by atoms with Crippen LogP contribution < -0.4 is 27.2 Å². The number of hydrogen-bond donors (Lipinski definition) is 6. The summed E-state index contributed by atoms with van der Waals surface area (Å²) in [6, 6.07) is 22.6. The lowest BCUT2D eigenvalue weighted by Crippen LogP contribution is -2.50. The summed E-state index contributed by atoms with van der Waals surface area (Å²) in [7, 11) is 0. The van der Waals surface area contributed by atoms with Crippen LogP contribution in [0.3, 0.4) is 0 Å². The first-order valence-electron chi connectivity index (χ1n) is 10.2. The summed E-state index contributed by atoms with van der Waals surface area (Å²) in [4.78, 5) is 35.9. The van der Waals surface area contributed by atoms with E-state index in [0.29, 0.717) is 11.3 Å². The van der Waals surface area contributed by atoms with Gasteiger partial charge in [-0.3, -0.25) is 19.6 Å². The van der Waals surface area contributed by atoms with Crippen LogP contribution in [0.2, 0.25) is 0 Å². The van der Waals surface area contributed by atoms with Crippen LogP contribution in [0.5, 0.6) is 0 Å².